The Morgan fingerprint density at radius 2 is 0.788 bits per heavy atom. The molecule has 0 radical (unpaired) electrons. The van der Waals surface area contributed by atoms with Crippen LogP contribution >= 0.6 is 0 Å². The molecule has 6 aromatic carbocycles. The average Bonchev–Trinajstić information content (AvgIpc) is 3.21. The maximum absolute atomic E-state index is 5.08. The molecule has 52 heavy (non-hydrogen) atoms. The second kappa shape index (κ2) is 13.2. The highest BCUT2D eigenvalue weighted by Gasteiger charge is 2.13. The van der Waals surface area contributed by atoms with Crippen LogP contribution < -0.4 is 0 Å². The van der Waals surface area contributed by atoms with E-state index < -0.39 is 0 Å². The van der Waals surface area contributed by atoms with Crippen LogP contribution in [-0.4, -0.2) is 19.9 Å². The quantitative estimate of drug-likeness (QED) is 0.166. The van der Waals surface area contributed by atoms with Crippen LogP contribution in [-0.2, 0) is 0 Å². The fourth-order valence-electron chi connectivity index (χ4n) is 6.93. The van der Waals surface area contributed by atoms with E-state index in [-0.39, 0.29) is 0 Å². The third kappa shape index (κ3) is 6.01. The molecule has 0 saturated carbocycles. The van der Waals surface area contributed by atoms with Crippen molar-refractivity contribution in [1.82, 2.24) is 19.9 Å². The first kappa shape index (κ1) is 31.2. The molecule has 0 unspecified atom stereocenters. The van der Waals surface area contributed by atoms with Crippen molar-refractivity contribution in [3.8, 4) is 67.3 Å². The summed E-state index contributed by atoms with van der Waals surface area (Å²) in [5, 5.41) is 2.21. The number of hydrogen-bond donors (Lipinski definition) is 0. The van der Waals surface area contributed by atoms with E-state index >= 15 is 0 Å². The van der Waals surface area contributed by atoms with E-state index in [1.807, 2.05) is 37.3 Å². The number of pyridine rings is 2. The maximum atomic E-state index is 5.08. The second-order valence-corrected chi connectivity index (χ2v) is 13.2. The number of hydrogen-bond acceptors (Lipinski definition) is 4. The predicted octanol–water partition coefficient (Wildman–Crippen LogP) is 12.2. The lowest BCUT2D eigenvalue weighted by Gasteiger charge is -2.12. The number of benzene rings is 6. The van der Waals surface area contributed by atoms with Gasteiger partial charge in [0.25, 0.3) is 0 Å². The van der Waals surface area contributed by atoms with Gasteiger partial charge in [0, 0.05) is 38.9 Å². The highest BCUT2D eigenvalue weighted by Crippen LogP contribution is 2.35. The van der Waals surface area contributed by atoms with Crippen LogP contribution in [0.5, 0.6) is 0 Å². The van der Waals surface area contributed by atoms with E-state index in [4.69, 9.17) is 19.9 Å². The van der Waals surface area contributed by atoms with Crippen LogP contribution in [0, 0.1) is 13.8 Å². The molecule has 0 aliphatic carbocycles. The Balaban J connectivity index is 1.04. The Hall–Kier alpha value is -6.78. The Bertz CT molecular complexity index is 2700. The predicted molar refractivity (Wildman–Crippen MR) is 215 cm³/mol. The van der Waals surface area contributed by atoms with Gasteiger partial charge in [-0.25, -0.2) is 9.97 Å². The van der Waals surface area contributed by atoms with Crippen LogP contribution in [0.25, 0.3) is 89.1 Å². The Morgan fingerprint density at radius 3 is 1.40 bits per heavy atom. The molecule has 9 aromatic rings. The molecular weight excluding hydrogens is 633 g/mol. The molecule has 4 nitrogen and oxygen atoms in total. The van der Waals surface area contributed by atoms with E-state index in [2.05, 4.69) is 146 Å². The van der Waals surface area contributed by atoms with Gasteiger partial charge in [-0.3, -0.25) is 9.97 Å². The van der Waals surface area contributed by atoms with Crippen molar-refractivity contribution in [1.29, 1.82) is 0 Å². The number of fused-ring (bicyclic) bond motifs is 3. The van der Waals surface area contributed by atoms with Gasteiger partial charge in [0.05, 0.1) is 22.4 Å². The lowest BCUT2D eigenvalue weighted by molar-refractivity contribution is 1.18. The fraction of sp³-hybridized carbons (Fsp3) is 0.0417. The molecular formula is C48H34N4. The highest BCUT2D eigenvalue weighted by atomic mass is 14.9. The van der Waals surface area contributed by atoms with Crippen molar-refractivity contribution in [3.05, 3.63) is 181 Å². The zero-order chi connectivity index (χ0) is 35.0. The Labute approximate surface area is 303 Å². The molecule has 246 valence electrons. The summed E-state index contributed by atoms with van der Waals surface area (Å²) in [4.78, 5) is 19.9. The summed E-state index contributed by atoms with van der Waals surface area (Å²) >= 11 is 0. The minimum absolute atomic E-state index is 0.697. The van der Waals surface area contributed by atoms with E-state index in [0.717, 1.165) is 83.5 Å². The lowest BCUT2D eigenvalue weighted by atomic mass is 9.96. The van der Waals surface area contributed by atoms with Gasteiger partial charge in [-0.1, -0.05) is 152 Å². The van der Waals surface area contributed by atoms with Gasteiger partial charge >= 0.3 is 0 Å². The maximum Gasteiger partial charge on any atom is 0.160 e. The van der Waals surface area contributed by atoms with Crippen LogP contribution in [0.1, 0.15) is 11.4 Å². The molecule has 0 N–H and O–H groups in total. The van der Waals surface area contributed by atoms with Gasteiger partial charge in [0.2, 0.25) is 0 Å². The SMILES string of the molecule is Cc1ccc2ccc3c(-c4ccc(-c5ccc(-c6nc(-c7ccccc7)cc(-c7ccc(-c8ccccc8)cc7)n6)cc5)cc4)cc(C)nc3c2n1. The standard InChI is InChI=1S/C48H34N4/c1-31-13-14-40-27-28-42-43(29-32(2)50-47(42)46(40)49-31)37-21-15-35(16-22-37)36-19-25-41(26-20-36)48-51-44(38-11-7-4-8-12-38)30-45(52-48)39-23-17-34(18-24-39)33-9-5-3-6-10-33/h3-30H,1-2H3. The topological polar surface area (TPSA) is 51.6 Å². The zero-order valence-corrected chi connectivity index (χ0v) is 29.0. The molecule has 3 heterocycles. The minimum atomic E-state index is 0.697. The normalized spacial score (nSPS) is 11.3. The van der Waals surface area contributed by atoms with Crippen LogP contribution in [0.15, 0.2) is 170 Å². The van der Waals surface area contributed by atoms with Crippen molar-refractivity contribution < 1.29 is 0 Å². The molecule has 3 aromatic heterocycles. The highest BCUT2D eigenvalue weighted by molar-refractivity contribution is 6.08. The lowest BCUT2D eigenvalue weighted by Crippen LogP contribution is -1.96. The van der Waals surface area contributed by atoms with E-state index in [1.54, 1.807) is 0 Å². The molecule has 0 bridgehead atoms. The summed E-state index contributed by atoms with van der Waals surface area (Å²) in [5.74, 6) is 0.697. The number of nitrogens with zero attached hydrogens (tertiary/aromatic N) is 4. The second-order valence-electron chi connectivity index (χ2n) is 13.2. The molecule has 0 atom stereocenters. The number of rotatable bonds is 6. The Kier molecular flexibility index (Phi) is 7.90. The smallest absolute Gasteiger partial charge is 0.160 e. The first-order chi connectivity index (χ1) is 25.6. The van der Waals surface area contributed by atoms with Crippen LogP contribution in [0.3, 0.4) is 0 Å². The van der Waals surface area contributed by atoms with E-state index in [0.29, 0.717) is 5.82 Å². The van der Waals surface area contributed by atoms with Crippen molar-refractivity contribution in [2.45, 2.75) is 13.8 Å². The van der Waals surface area contributed by atoms with Crippen LogP contribution in [0.4, 0.5) is 0 Å². The number of aryl methyl sites for hydroxylation is 2. The number of aromatic nitrogens is 4. The monoisotopic (exact) mass is 666 g/mol. The molecule has 0 saturated heterocycles. The largest absolute Gasteiger partial charge is 0.251 e. The molecule has 9 rings (SSSR count). The zero-order valence-electron chi connectivity index (χ0n) is 29.0. The third-order valence-electron chi connectivity index (χ3n) is 9.66. The minimum Gasteiger partial charge on any atom is -0.251 e. The summed E-state index contributed by atoms with van der Waals surface area (Å²) in [7, 11) is 0. The molecule has 4 heteroatoms. The molecule has 0 aliphatic heterocycles. The van der Waals surface area contributed by atoms with Gasteiger partial charge in [-0.2, -0.15) is 0 Å². The van der Waals surface area contributed by atoms with Gasteiger partial charge < -0.3 is 0 Å². The van der Waals surface area contributed by atoms with Gasteiger partial charge in [-0.05, 0) is 65.4 Å². The summed E-state index contributed by atoms with van der Waals surface area (Å²) in [6.07, 6.45) is 0. The first-order valence-electron chi connectivity index (χ1n) is 17.6. The van der Waals surface area contributed by atoms with Crippen molar-refractivity contribution in [3.63, 3.8) is 0 Å². The summed E-state index contributed by atoms with van der Waals surface area (Å²) < 4.78 is 0. The van der Waals surface area contributed by atoms with Gasteiger partial charge in [0.1, 0.15) is 0 Å². The summed E-state index contributed by atoms with van der Waals surface area (Å²) in [6.45, 7) is 4.08. The van der Waals surface area contributed by atoms with Crippen molar-refractivity contribution in [2.75, 3.05) is 0 Å². The molecule has 0 amide bonds. The van der Waals surface area contributed by atoms with Crippen LogP contribution in [0.2, 0.25) is 0 Å². The van der Waals surface area contributed by atoms with Crippen molar-refractivity contribution >= 4 is 21.8 Å². The van der Waals surface area contributed by atoms with Crippen molar-refractivity contribution in [2.24, 2.45) is 0 Å². The fourth-order valence-corrected chi connectivity index (χ4v) is 6.93. The Morgan fingerprint density at radius 1 is 0.327 bits per heavy atom. The summed E-state index contributed by atoms with van der Waals surface area (Å²) in [5.41, 5.74) is 15.7. The average molecular weight is 667 g/mol. The molecule has 0 spiro atoms. The van der Waals surface area contributed by atoms with E-state index in [1.165, 1.54) is 11.1 Å². The summed E-state index contributed by atoms with van der Waals surface area (Å²) in [6, 6.07) is 59.4. The third-order valence-corrected chi connectivity index (χ3v) is 9.66. The molecule has 0 aliphatic rings. The van der Waals surface area contributed by atoms with E-state index in [9.17, 15) is 0 Å². The van der Waals surface area contributed by atoms with Gasteiger partial charge in [-0.15, -0.1) is 0 Å². The molecule has 0 fully saturated rings. The first-order valence-corrected chi connectivity index (χ1v) is 17.6. The van der Waals surface area contributed by atoms with Gasteiger partial charge in [0.15, 0.2) is 5.82 Å².